The van der Waals surface area contributed by atoms with E-state index in [1.54, 1.807) is 6.92 Å². The smallest absolute Gasteiger partial charge is 0.242 e. The van der Waals surface area contributed by atoms with E-state index >= 15 is 0 Å². The van der Waals surface area contributed by atoms with Crippen molar-refractivity contribution >= 4 is 22.9 Å². The van der Waals surface area contributed by atoms with Crippen LogP contribution in [0.15, 0.2) is 9.39 Å². The van der Waals surface area contributed by atoms with E-state index in [4.69, 9.17) is 0 Å². The highest BCUT2D eigenvalue weighted by Gasteiger charge is 2.16. The van der Waals surface area contributed by atoms with Gasteiger partial charge in [-0.25, -0.2) is 9.30 Å². The van der Waals surface area contributed by atoms with E-state index in [1.165, 1.54) is 6.34 Å². The van der Waals surface area contributed by atoms with Crippen LogP contribution in [0.2, 0.25) is 0 Å². The van der Waals surface area contributed by atoms with Crippen molar-refractivity contribution in [3.63, 3.8) is 0 Å². The largest absolute Gasteiger partial charge is 0.346 e. The maximum Gasteiger partial charge on any atom is 0.346 e. The lowest BCUT2D eigenvalue weighted by molar-refractivity contribution is 0.537. The molecule has 0 bridgehead atoms. The van der Waals surface area contributed by atoms with Crippen molar-refractivity contribution in [2.45, 2.75) is 6.92 Å². The normalized spacial score (nSPS) is 21.5. The first-order valence-corrected chi connectivity index (χ1v) is 4.15. The quantitative estimate of drug-likeness (QED) is 0.526. The molecule has 0 N–H and O–H groups in total. The fourth-order valence-electron chi connectivity index (χ4n) is 0.556. The molecule has 0 aromatic carbocycles. The van der Waals surface area contributed by atoms with Gasteiger partial charge in [0.2, 0.25) is 0 Å². The number of rotatable bonds is 1. The summed E-state index contributed by atoms with van der Waals surface area (Å²) >= 11 is 0. The van der Waals surface area contributed by atoms with Crippen LogP contribution in [-0.2, 0) is 10.2 Å². The molecule has 6 heteroatoms. The van der Waals surface area contributed by atoms with Crippen molar-refractivity contribution in [1.82, 2.24) is 4.31 Å². The van der Waals surface area contributed by atoms with E-state index in [9.17, 15) is 8.42 Å². The Balaban J connectivity index is 2.96. The Morgan fingerprint density at radius 3 is 2.70 bits per heavy atom. The summed E-state index contributed by atoms with van der Waals surface area (Å²) in [6.07, 6.45) is 2.25. The van der Waals surface area contributed by atoms with Gasteiger partial charge in [0.05, 0.1) is 0 Å². The number of hydrogen-bond donors (Lipinski definition) is 0. The van der Waals surface area contributed by atoms with Gasteiger partial charge < -0.3 is 0 Å². The molecule has 1 heterocycles. The second-order valence-electron chi connectivity index (χ2n) is 1.67. The molecule has 0 saturated heterocycles. The standard InChI is InChI=1S/C4H7N3O2S/c1-2-7-4-5-3-6-10(7,8)9/h3-4H,2H2,1H3. The Morgan fingerprint density at radius 1 is 1.60 bits per heavy atom. The highest BCUT2D eigenvalue weighted by molar-refractivity contribution is 7.88. The lowest BCUT2D eigenvalue weighted by Gasteiger charge is -2.14. The first-order valence-electron chi connectivity index (χ1n) is 2.75. The summed E-state index contributed by atoms with van der Waals surface area (Å²) in [5.74, 6) is 0. The van der Waals surface area contributed by atoms with Gasteiger partial charge in [0, 0.05) is 6.54 Å². The van der Waals surface area contributed by atoms with Crippen LogP contribution in [-0.4, -0.2) is 31.9 Å². The zero-order chi connectivity index (χ0) is 7.61. The lowest BCUT2D eigenvalue weighted by atomic mass is 10.8. The SMILES string of the molecule is CCN1C=NC=NS1(=O)=O. The third-order valence-electron chi connectivity index (χ3n) is 1.05. The molecule has 1 aliphatic heterocycles. The first-order chi connectivity index (χ1) is 4.67. The van der Waals surface area contributed by atoms with E-state index in [2.05, 4.69) is 9.39 Å². The van der Waals surface area contributed by atoms with Crippen molar-refractivity contribution in [1.29, 1.82) is 0 Å². The minimum absolute atomic E-state index is 0.364. The van der Waals surface area contributed by atoms with Gasteiger partial charge in [0.15, 0.2) is 0 Å². The zero-order valence-corrected chi connectivity index (χ0v) is 6.24. The Kier molecular flexibility index (Phi) is 1.71. The molecular formula is C4H7N3O2S. The van der Waals surface area contributed by atoms with Crippen molar-refractivity contribution in [3.8, 4) is 0 Å². The van der Waals surface area contributed by atoms with E-state index in [1.807, 2.05) is 0 Å². The maximum absolute atomic E-state index is 10.8. The molecule has 0 amide bonds. The average Bonchev–Trinajstić information content (AvgIpc) is 1.87. The van der Waals surface area contributed by atoms with Gasteiger partial charge in [-0.15, -0.1) is 4.40 Å². The van der Waals surface area contributed by atoms with Crippen LogP contribution < -0.4 is 0 Å². The maximum atomic E-state index is 10.8. The third kappa shape index (κ3) is 1.15. The minimum atomic E-state index is -3.42. The van der Waals surface area contributed by atoms with Crippen LogP contribution in [0.1, 0.15) is 6.92 Å². The molecule has 0 radical (unpaired) electrons. The van der Waals surface area contributed by atoms with Gasteiger partial charge in [-0.1, -0.05) is 0 Å². The predicted octanol–water partition coefficient (Wildman–Crippen LogP) is -0.377. The first kappa shape index (κ1) is 7.20. The van der Waals surface area contributed by atoms with Crippen molar-refractivity contribution < 1.29 is 8.42 Å². The molecule has 56 valence electrons. The topological polar surface area (TPSA) is 62.1 Å². The Hall–Kier alpha value is -0.910. The number of nitrogens with zero attached hydrogens (tertiary/aromatic N) is 3. The monoisotopic (exact) mass is 161 g/mol. The summed E-state index contributed by atoms with van der Waals surface area (Å²) in [5, 5.41) is 0. The van der Waals surface area contributed by atoms with Crippen LogP contribution in [0.25, 0.3) is 0 Å². The lowest BCUT2D eigenvalue weighted by Crippen LogP contribution is -2.29. The molecule has 0 spiro atoms. The van der Waals surface area contributed by atoms with Crippen molar-refractivity contribution in [2.75, 3.05) is 6.54 Å². The zero-order valence-electron chi connectivity index (χ0n) is 5.43. The number of aliphatic imine (C=N–C) groups is 1. The second kappa shape index (κ2) is 2.37. The molecule has 0 aromatic rings. The highest BCUT2D eigenvalue weighted by Crippen LogP contribution is 2.01. The van der Waals surface area contributed by atoms with Gasteiger partial charge >= 0.3 is 10.2 Å². The summed E-state index contributed by atoms with van der Waals surface area (Å²) in [5.41, 5.74) is 0. The fraction of sp³-hybridized carbons (Fsp3) is 0.500. The Morgan fingerprint density at radius 2 is 2.30 bits per heavy atom. The predicted molar refractivity (Wildman–Crippen MR) is 38.3 cm³/mol. The van der Waals surface area contributed by atoms with Gasteiger partial charge in [-0.3, -0.25) is 0 Å². The fourth-order valence-corrected chi connectivity index (χ4v) is 1.35. The summed E-state index contributed by atoms with van der Waals surface area (Å²) in [7, 11) is -3.42. The van der Waals surface area contributed by atoms with Crippen LogP contribution in [0.4, 0.5) is 0 Å². The average molecular weight is 161 g/mol. The van der Waals surface area contributed by atoms with Gasteiger partial charge in [0.1, 0.15) is 12.7 Å². The van der Waals surface area contributed by atoms with E-state index in [0.29, 0.717) is 6.54 Å². The molecule has 0 unspecified atom stereocenters. The van der Waals surface area contributed by atoms with Gasteiger partial charge in [-0.05, 0) is 6.92 Å². The molecule has 5 nitrogen and oxygen atoms in total. The van der Waals surface area contributed by atoms with E-state index in [0.717, 1.165) is 10.6 Å². The summed E-state index contributed by atoms with van der Waals surface area (Å²) < 4.78 is 26.0. The van der Waals surface area contributed by atoms with Crippen LogP contribution >= 0.6 is 0 Å². The van der Waals surface area contributed by atoms with E-state index < -0.39 is 10.2 Å². The molecule has 1 aliphatic rings. The second-order valence-corrected chi connectivity index (χ2v) is 3.24. The summed E-state index contributed by atoms with van der Waals surface area (Å²) in [6.45, 7) is 2.08. The van der Waals surface area contributed by atoms with Crippen molar-refractivity contribution in [2.24, 2.45) is 9.39 Å². The molecule has 0 saturated carbocycles. The molecule has 0 aromatic heterocycles. The highest BCUT2D eigenvalue weighted by atomic mass is 32.2. The molecule has 1 rings (SSSR count). The van der Waals surface area contributed by atoms with Crippen LogP contribution in [0.3, 0.4) is 0 Å². The van der Waals surface area contributed by atoms with Gasteiger partial charge in [-0.2, -0.15) is 8.42 Å². The van der Waals surface area contributed by atoms with Crippen LogP contribution in [0.5, 0.6) is 0 Å². The number of hydrogen-bond acceptors (Lipinski definition) is 3. The summed E-state index contributed by atoms with van der Waals surface area (Å²) in [6, 6.07) is 0. The summed E-state index contributed by atoms with van der Waals surface area (Å²) in [4.78, 5) is 3.56. The Labute approximate surface area is 59.3 Å². The molecule has 0 fully saturated rings. The molecular weight excluding hydrogens is 154 g/mol. The van der Waals surface area contributed by atoms with Gasteiger partial charge in [0.25, 0.3) is 0 Å². The molecule has 0 atom stereocenters. The van der Waals surface area contributed by atoms with Crippen molar-refractivity contribution in [3.05, 3.63) is 0 Å². The molecule has 10 heavy (non-hydrogen) atoms. The van der Waals surface area contributed by atoms with E-state index in [-0.39, 0.29) is 0 Å². The third-order valence-corrected chi connectivity index (χ3v) is 2.36. The van der Waals surface area contributed by atoms with Crippen LogP contribution in [0, 0.1) is 0 Å². The minimum Gasteiger partial charge on any atom is -0.242 e. The Bertz CT molecular complexity index is 266. The molecule has 0 aliphatic carbocycles.